The average Bonchev–Trinajstić information content (AvgIpc) is 2.01. The minimum absolute atomic E-state index is 0.540. The van der Waals surface area contributed by atoms with Crippen LogP contribution in [0.5, 0.6) is 0 Å². The Morgan fingerprint density at radius 2 is 2.45 bits per heavy atom. The van der Waals surface area contributed by atoms with Crippen molar-refractivity contribution in [1.82, 2.24) is 9.97 Å². The highest BCUT2D eigenvalue weighted by Crippen LogP contribution is 2.13. The van der Waals surface area contributed by atoms with Crippen LogP contribution < -0.4 is 5.73 Å². The van der Waals surface area contributed by atoms with Crippen molar-refractivity contribution in [3.05, 3.63) is 12.3 Å². The summed E-state index contributed by atoms with van der Waals surface area (Å²) in [5.41, 5.74) is 5.47. The first-order valence-electron chi connectivity index (χ1n) is 3.54. The van der Waals surface area contributed by atoms with E-state index in [4.69, 9.17) is 5.73 Å². The van der Waals surface area contributed by atoms with Crippen LogP contribution >= 0.6 is 11.8 Å². The van der Waals surface area contributed by atoms with Crippen molar-refractivity contribution in [2.75, 3.05) is 11.5 Å². The van der Waals surface area contributed by atoms with Gasteiger partial charge in [-0.25, -0.2) is 9.97 Å². The fourth-order valence-electron chi connectivity index (χ4n) is 0.617. The molecule has 0 amide bonds. The molecule has 0 radical (unpaired) electrons. The molecule has 0 bridgehead atoms. The molecule has 0 fully saturated rings. The summed E-state index contributed by atoms with van der Waals surface area (Å²) >= 11 is 1.63. The number of thioether (sulfide) groups is 1. The number of hydrogen-bond acceptors (Lipinski definition) is 4. The molecule has 2 N–H and O–H groups in total. The van der Waals surface area contributed by atoms with Crippen LogP contribution in [0, 0.1) is 0 Å². The summed E-state index contributed by atoms with van der Waals surface area (Å²) in [5.74, 6) is 1.59. The molecule has 0 saturated carbocycles. The Bertz CT molecular complexity index is 227. The van der Waals surface area contributed by atoms with Crippen molar-refractivity contribution in [2.24, 2.45) is 0 Å². The third-order valence-corrected chi connectivity index (χ3v) is 2.16. The summed E-state index contributed by atoms with van der Waals surface area (Å²) in [5, 5.41) is 0.770. The van der Waals surface area contributed by atoms with Gasteiger partial charge in [0.15, 0.2) is 5.16 Å². The predicted octanol–water partition coefficient (Wildman–Crippen LogP) is 1.56. The molecule has 1 rings (SSSR count). The predicted molar refractivity (Wildman–Crippen MR) is 47.5 cm³/mol. The zero-order valence-electron chi connectivity index (χ0n) is 6.45. The molecule has 0 aliphatic rings. The van der Waals surface area contributed by atoms with E-state index in [1.807, 2.05) is 0 Å². The van der Waals surface area contributed by atoms with Crippen molar-refractivity contribution in [2.45, 2.75) is 18.5 Å². The summed E-state index contributed by atoms with van der Waals surface area (Å²) < 4.78 is 0. The highest BCUT2D eigenvalue weighted by atomic mass is 32.2. The smallest absolute Gasteiger partial charge is 0.189 e. The van der Waals surface area contributed by atoms with Crippen molar-refractivity contribution in [1.29, 1.82) is 0 Å². The molecule has 0 atom stereocenters. The third-order valence-electron chi connectivity index (χ3n) is 1.09. The molecule has 1 aromatic heterocycles. The fraction of sp³-hybridized carbons (Fsp3) is 0.429. The standard InChI is InChI=1S/C7H11N3S/c1-2-5-11-7-9-4-3-6(8)10-7/h3-4H,2,5H2,1H3,(H2,8,9,10). The minimum atomic E-state index is 0.540. The van der Waals surface area contributed by atoms with Crippen LogP contribution in [0.3, 0.4) is 0 Å². The van der Waals surface area contributed by atoms with Gasteiger partial charge in [-0.05, 0) is 12.5 Å². The van der Waals surface area contributed by atoms with Gasteiger partial charge in [0.2, 0.25) is 0 Å². The SMILES string of the molecule is CCCSc1nccc(N)n1. The summed E-state index contributed by atoms with van der Waals surface area (Å²) in [7, 11) is 0. The van der Waals surface area contributed by atoms with E-state index in [0.717, 1.165) is 17.3 Å². The first-order valence-corrected chi connectivity index (χ1v) is 4.53. The summed E-state index contributed by atoms with van der Waals surface area (Å²) in [6, 6.07) is 1.69. The number of nitrogens with two attached hydrogens (primary N) is 1. The maximum atomic E-state index is 5.47. The number of anilines is 1. The summed E-state index contributed by atoms with van der Waals surface area (Å²) in [6.07, 6.45) is 2.81. The molecule has 0 aliphatic heterocycles. The van der Waals surface area contributed by atoms with Crippen molar-refractivity contribution in [3.63, 3.8) is 0 Å². The van der Waals surface area contributed by atoms with Gasteiger partial charge in [0.05, 0.1) is 0 Å². The zero-order chi connectivity index (χ0) is 8.10. The molecule has 0 aliphatic carbocycles. The van der Waals surface area contributed by atoms with E-state index < -0.39 is 0 Å². The Balaban J connectivity index is 2.56. The number of rotatable bonds is 3. The van der Waals surface area contributed by atoms with E-state index in [2.05, 4.69) is 16.9 Å². The Morgan fingerprint density at radius 3 is 3.09 bits per heavy atom. The molecule has 11 heavy (non-hydrogen) atoms. The third kappa shape index (κ3) is 2.76. The first-order chi connectivity index (χ1) is 5.33. The second-order valence-corrected chi connectivity index (χ2v) is 3.17. The molecule has 1 aromatic rings. The Kier molecular flexibility index (Phi) is 3.16. The van der Waals surface area contributed by atoms with E-state index in [0.29, 0.717) is 5.82 Å². The van der Waals surface area contributed by atoms with Crippen molar-refractivity contribution < 1.29 is 0 Å². The zero-order valence-corrected chi connectivity index (χ0v) is 7.27. The Hall–Kier alpha value is -0.770. The number of hydrogen-bond donors (Lipinski definition) is 1. The van der Waals surface area contributed by atoms with Crippen molar-refractivity contribution in [3.8, 4) is 0 Å². The van der Waals surface area contributed by atoms with Gasteiger partial charge in [0, 0.05) is 11.9 Å². The lowest BCUT2D eigenvalue weighted by Crippen LogP contribution is -1.93. The summed E-state index contributed by atoms with van der Waals surface area (Å²) in [6.45, 7) is 2.12. The van der Waals surface area contributed by atoms with Gasteiger partial charge in [0.1, 0.15) is 5.82 Å². The van der Waals surface area contributed by atoms with Crippen LogP contribution in [0.2, 0.25) is 0 Å². The van der Waals surface area contributed by atoms with Crippen LogP contribution in [-0.2, 0) is 0 Å². The van der Waals surface area contributed by atoms with Crippen LogP contribution in [0.1, 0.15) is 13.3 Å². The van der Waals surface area contributed by atoms with Gasteiger partial charge in [-0.15, -0.1) is 0 Å². The number of aromatic nitrogens is 2. The van der Waals surface area contributed by atoms with E-state index in [9.17, 15) is 0 Å². The van der Waals surface area contributed by atoms with Gasteiger partial charge in [0.25, 0.3) is 0 Å². The van der Waals surface area contributed by atoms with E-state index >= 15 is 0 Å². The van der Waals surface area contributed by atoms with Crippen LogP contribution in [-0.4, -0.2) is 15.7 Å². The maximum absolute atomic E-state index is 5.47. The molecule has 0 unspecified atom stereocenters. The normalized spacial score (nSPS) is 9.91. The second kappa shape index (κ2) is 4.18. The van der Waals surface area contributed by atoms with Crippen molar-refractivity contribution >= 4 is 17.6 Å². The molecule has 0 spiro atoms. The lowest BCUT2D eigenvalue weighted by Gasteiger charge is -1.97. The highest BCUT2D eigenvalue weighted by Gasteiger charge is 1.95. The molecule has 1 heterocycles. The summed E-state index contributed by atoms with van der Waals surface area (Å²) in [4.78, 5) is 8.09. The molecular formula is C7H11N3S. The van der Waals surface area contributed by atoms with E-state index in [1.165, 1.54) is 0 Å². The van der Waals surface area contributed by atoms with Crippen LogP contribution in [0.25, 0.3) is 0 Å². The van der Waals surface area contributed by atoms with E-state index in [1.54, 1.807) is 24.0 Å². The van der Waals surface area contributed by atoms with Gasteiger partial charge in [-0.3, -0.25) is 0 Å². The minimum Gasteiger partial charge on any atom is -0.384 e. The number of nitrogens with zero attached hydrogens (tertiary/aromatic N) is 2. The van der Waals surface area contributed by atoms with Gasteiger partial charge in [-0.1, -0.05) is 18.7 Å². The van der Waals surface area contributed by atoms with Gasteiger partial charge >= 0.3 is 0 Å². The number of nitrogen functional groups attached to an aromatic ring is 1. The highest BCUT2D eigenvalue weighted by molar-refractivity contribution is 7.99. The van der Waals surface area contributed by atoms with Crippen LogP contribution in [0.4, 0.5) is 5.82 Å². The van der Waals surface area contributed by atoms with Gasteiger partial charge < -0.3 is 5.73 Å². The first kappa shape index (κ1) is 8.33. The molecule has 0 aromatic carbocycles. The maximum Gasteiger partial charge on any atom is 0.189 e. The largest absolute Gasteiger partial charge is 0.384 e. The topological polar surface area (TPSA) is 51.8 Å². The van der Waals surface area contributed by atoms with Crippen LogP contribution in [0.15, 0.2) is 17.4 Å². The molecule has 0 saturated heterocycles. The Morgan fingerprint density at radius 1 is 1.64 bits per heavy atom. The van der Waals surface area contributed by atoms with E-state index in [-0.39, 0.29) is 0 Å². The quantitative estimate of drug-likeness (QED) is 0.551. The molecule has 4 heteroatoms. The molecular weight excluding hydrogens is 158 g/mol. The molecule has 60 valence electrons. The lowest BCUT2D eigenvalue weighted by atomic mass is 10.6. The Labute approximate surface area is 70.4 Å². The monoisotopic (exact) mass is 169 g/mol. The fourth-order valence-corrected chi connectivity index (χ4v) is 1.31. The van der Waals surface area contributed by atoms with Gasteiger partial charge in [-0.2, -0.15) is 0 Å². The second-order valence-electron chi connectivity index (χ2n) is 2.11. The average molecular weight is 169 g/mol. The molecule has 3 nitrogen and oxygen atoms in total. The lowest BCUT2D eigenvalue weighted by molar-refractivity contribution is 0.969.